The summed E-state index contributed by atoms with van der Waals surface area (Å²) in [6.45, 7) is 2.32. The van der Waals surface area contributed by atoms with Crippen molar-refractivity contribution in [1.82, 2.24) is 0 Å². The molecule has 0 unspecified atom stereocenters. The summed E-state index contributed by atoms with van der Waals surface area (Å²) in [5.74, 6) is 0.0664. The van der Waals surface area contributed by atoms with E-state index in [0.29, 0.717) is 11.1 Å². The first-order valence-electron chi connectivity index (χ1n) is 12.8. The van der Waals surface area contributed by atoms with Crippen LogP contribution in [0.1, 0.15) is 83.1 Å². The molecule has 0 atom stereocenters. The Kier molecular flexibility index (Phi) is 7.97. The van der Waals surface area contributed by atoms with Crippen LogP contribution in [0.4, 0.5) is 13.2 Å². The summed E-state index contributed by atoms with van der Waals surface area (Å²) in [5, 5.41) is 0. The number of hydrogen-bond acceptors (Lipinski definition) is 0. The van der Waals surface area contributed by atoms with E-state index in [1.807, 2.05) is 24.3 Å². The van der Waals surface area contributed by atoms with Crippen LogP contribution in [0.15, 0.2) is 36.4 Å². The van der Waals surface area contributed by atoms with Gasteiger partial charge in [0.05, 0.1) is 0 Å². The third kappa shape index (κ3) is 5.77. The van der Waals surface area contributed by atoms with E-state index >= 15 is 0 Å². The molecule has 2 aromatic carbocycles. The highest BCUT2D eigenvalue weighted by Crippen LogP contribution is 2.43. The summed E-state index contributed by atoms with van der Waals surface area (Å²) in [6.07, 6.45) is 16.4. The lowest BCUT2D eigenvalue weighted by Gasteiger charge is -2.38. The molecule has 0 spiro atoms. The quantitative estimate of drug-likeness (QED) is 0.375. The Morgan fingerprint density at radius 3 is 1.66 bits per heavy atom. The Morgan fingerprint density at radius 1 is 0.656 bits per heavy atom. The number of benzene rings is 2. The van der Waals surface area contributed by atoms with Crippen molar-refractivity contribution >= 4 is 0 Å². The van der Waals surface area contributed by atoms with Gasteiger partial charge in [-0.05, 0) is 91.0 Å². The van der Waals surface area contributed by atoms with Crippen molar-refractivity contribution in [1.29, 1.82) is 0 Å². The molecular formula is C29H37F3. The Balaban J connectivity index is 1.22. The lowest BCUT2D eigenvalue weighted by Crippen LogP contribution is -2.26. The van der Waals surface area contributed by atoms with Crippen LogP contribution in [0.2, 0.25) is 0 Å². The Labute approximate surface area is 191 Å². The highest BCUT2D eigenvalue weighted by atomic mass is 19.2. The van der Waals surface area contributed by atoms with Crippen LogP contribution in [-0.4, -0.2) is 0 Å². The van der Waals surface area contributed by atoms with Crippen LogP contribution in [0, 0.1) is 41.1 Å². The molecule has 0 N–H and O–H groups in total. The molecule has 2 aromatic rings. The molecule has 0 bridgehead atoms. The Hall–Kier alpha value is -1.77. The van der Waals surface area contributed by atoms with Gasteiger partial charge in [-0.1, -0.05) is 69.7 Å². The van der Waals surface area contributed by atoms with E-state index in [-0.39, 0.29) is 0 Å². The van der Waals surface area contributed by atoms with Gasteiger partial charge in [-0.2, -0.15) is 0 Å². The average Bonchev–Trinajstić information content (AvgIpc) is 2.82. The number of halogens is 3. The van der Waals surface area contributed by atoms with E-state index < -0.39 is 17.5 Å². The zero-order chi connectivity index (χ0) is 22.5. The summed E-state index contributed by atoms with van der Waals surface area (Å²) in [6, 6.07) is 9.95. The van der Waals surface area contributed by atoms with Crippen molar-refractivity contribution in [2.45, 2.75) is 84.0 Å². The van der Waals surface area contributed by atoms with Gasteiger partial charge in [-0.15, -0.1) is 0 Å². The van der Waals surface area contributed by atoms with E-state index in [9.17, 15) is 13.2 Å². The molecule has 2 fully saturated rings. The lowest BCUT2D eigenvalue weighted by molar-refractivity contribution is 0.141. The van der Waals surface area contributed by atoms with Gasteiger partial charge in [0.1, 0.15) is 0 Å². The molecular weight excluding hydrogens is 405 g/mol. The largest absolute Gasteiger partial charge is 0.204 e. The van der Waals surface area contributed by atoms with Crippen molar-refractivity contribution in [3.8, 4) is 11.1 Å². The van der Waals surface area contributed by atoms with Gasteiger partial charge in [-0.3, -0.25) is 0 Å². The predicted octanol–water partition coefficient (Wildman–Crippen LogP) is 9.12. The van der Waals surface area contributed by atoms with E-state index in [1.54, 1.807) is 0 Å². The topological polar surface area (TPSA) is 0 Å². The minimum absolute atomic E-state index is 0.370. The molecule has 0 radical (unpaired) electrons. The van der Waals surface area contributed by atoms with Gasteiger partial charge >= 0.3 is 0 Å². The molecule has 0 aromatic heterocycles. The SMILES string of the molecule is CCCC1CCC(C2CCC(CCc3ccc(-c4cc(F)c(F)c(F)c4)cc3)CC2)CC1. The maximum absolute atomic E-state index is 13.5. The van der Waals surface area contributed by atoms with Gasteiger partial charge in [0.15, 0.2) is 17.5 Å². The fraction of sp³-hybridized carbons (Fsp3) is 0.586. The summed E-state index contributed by atoms with van der Waals surface area (Å²) < 4.78 is 40.2. The summed E-state index contributed by atoms with van der Waals surface area (Å²) in [7, 11) is 0. The molecule has 0 nitrogen and oxygen atoms in total. The van der Waals surface area contributed by atoms with Crippen molar-refractivity contribution < 1.29 is 13.2 Å². The first kappa shape index (κ1) is 23.4. The smallest absolute Gasteiger partial charge is 0.194 e. The maximum atomic E-state index is 13.5. The van der Waals surface area contributed by atoms with Gasteiger partial charge in [0.25, 0.3) is 0 Å². The lowest BCUT2D eigenvalue weighted by atomic mass is 9.68. The zero-order valence-electron chi connectivity index (χ0n) is 19.4. The number of hydrogen-bond donors (Lipinski definition) is 0. The molecule has 0 saturated heterocycles. The fourth-order valence-electron chi connectivity index (χ4n) is 6.26. The van der Waals surface area contributed by atoms with Crippen LogP contribution in [-0.2, 0) is 6.42 Å². The van der Waals surface area contributed by atoms with E-state index in [4.69, 9.17) is 0 Å². The molecule has 2 saturated carbocycles. The second kappa shape index (κ2) is 10.9. The highest BCUT2D eigenvalue weighted by Gasteiger charge is 2.30. The van der Waals surface area contributed by atoms with Gasteiger partial charge in [0.2, 0.25) is 0 Å². The zero-order valence-corrected chi connectivity index (χ0v) is 19.4. The Morgan fingerprint density at radius 2 is 1.16 bits per heavy atom. The molecule has 0 heterocycles. The second-order valence-electron chi connectivity index (χ2n) is 10.3. The second-order valence-corrected chi connectivity index (χ2v) is 10.3. The van der Waals surface area contributed by atoms with Crippen LogP contribution < -0.4 is 0 Å². The van der Waals surface area contributed by atoms with E-state index in [1.165, 1.54) is 76.2 Å². The van der Waals surface area contributed by atoms with Crippen molar-refractivity contribution in [3.63, 3.8) is 0 Å². The van der Waals surface area contributed by atoms with Crippen LogP contribution >= 0.6 is 0 Å². The highest BCUT2D eigenvalue weighted by molar-refractivity contribution is 5.63. The molecule has 174 valence electrons. The predicted molar refractivity (Wildman–Crippen MR) is 126 cm³/mol. The fourth-order valence-corrected chi connectivity index (χ4v) is 6.26. The van der Waals surface area contributed by atoms with Crippen LogP contribution in [0.5, 0.6) is 0 Å². The monoisotopic (exact) mass is 442 g/mol. The van der Waals surface area contributed by atoms with Gasteiger partial charge in [0, 0.05) is 0 Å². The van der Waals surface area contributed by atoms with Crippen LogP contribution in [0.25, 0.3) is 11.1 Å². The third-order valence-electron chi connectivity index (χ3n) is 8.26. The molecule has 0 aliphatic heterocycles. The summed E-state index contributed by atoms with van der Waals surface area (Å²) in [5.41, 5.74) is 2.34. The van der Waals surface area contributed by atoms with Crippen molar-refractivity contribution in [2.75, 3.05) is 0 Å². The van der Waals surface area contributed by atoms with Crippen molar-refractivity contribution in [2.24, 2.45) is 23.7 Å². The third-order valence-corrected chi connectivity index (χ3v) is 8.26. The van der Waals surface area contributed by atoms with Crippen LogP contribution in [0.3, 0.4) is 0 Å². The normalized spacial score (nSPS) is 26.2. The number of aryl methyl sites for hydroxylation is 1. The molecule has 32 heavy (non-hydrogen) atoms. The molecule has 3 heteroatoms. The van der Waals surface area contributed by atoms with Gasteiger partial charge < -0.3 is 0 Å². The minimum Gasteiger partial charge on any atom is -0.204 e. The average molecular weight is 443 g/mol. The Bertz CT molecular complexity index is 833. The van der Waals surface area contributed by atoms with Crippen molar-refractivity contribution in [3.05, 3.63) is 59.4 Å². The first-order chi connectivity index (χ1) is 15.5. The maximum Gasteiger partial charge on any atom is 0.194 e. The summed E-state index contributed by atoms with van der Waals surface area (Å²) in [4.78, 5) is 0. The molecule has 2 aliphatic rings. The minimum atomic E-state index is -1.41. The standard InChI is InChI=1S/C29H37F3/c1-2-3-20-6-12-23(13-7-20)24-14-8-21(9-15-24)4-5-22-10-16-25(17-11-22)26-18-27(30)29(32)28(31)19-26/h10-11,16-21,23-24H,2-9,12-15H2,1H3. The summed E-state index contributed by atoms with van der Waals surface area (Å²) >= 11 is 0. The van der Waals surface area contributed by atoms with Gasteiger partial charge in [-0.25, -0.2) is 13.2 Å². The molecule has 0 amide bonds. The first-order valence-corrected chi connectivity index (χ1v) is 12.8. The van der Waals surface area contributed by atoms with E-state index in [0.717, 1.165) is 42.2 Å². The molecule has 4 rings (SSSR count). The number of rotatable bonds is 7. The van der Waals surface area contributed by atoms with E-state index in [2.05, 4.69) is 6.92 Å². The molecule has 2 aliphatic carbocycles.